The highest BCUT2D eigenvalue weighted by atomic mass is 127. The van der Waals surface area contributed by atoms with Crippen LogP contribution in [0.1, 0.15) is 36.4 Å². The van der Waals surface area contributed by atoms with Gasteiger partial charge in [-0.05, 0) is 31.7 Å². The van der Waals surface area contributed by atoms with E-state index in [0.717, 1.165) is 31.3 Å². The van der Waals surface area contributed by atoms with E-state index in [4.69, 9.17) is 0 Å². The minimum atomic E-state index is 0. The lowest BCUT2D eigenvalue weighted by molar-refractivity contribution is 0.503. The van der Waals surface area contributed by atoms with Gasteiger partial charge in [-0.3, -0.25) is 4.99 Å². The summed E-state index contributed by atoms with van der Waals surface area (Å²) < 4.78 is 2.19. The van der Waals surface area contributed by atoms with Gasteiger partial charge in [0.1, 0.15) is 5.82 Å². The van der Waals surface area contributed by atoms with Crippen molar-refractivity contribution in [3.05, 3.63) is 53.1 Å². The topological polar surface area (TPSA) is 54.2 Å². The Bertz CT molecular complexity index is 686. The zero-order chi connectivity index (χ0) is 18.2. The quantitative estimate of drug-likeness (QED) is 0.370. The fourth-order valence-electron chi connectivity index (χ4n) is 2.99. The number of imidazole rings is 1. The molecule has 5 nitrogen and oxygen atoms in total. The lowest BCUT2D eigenvalue weighted by Gasteiger charge is -2.14. The van der Waals surface area contributed by atoms with Crippen LogP contribution in [0, 0.1) is 19.8 Å². The van der Waals surface area contributed by atoms with Gasteiger partial charge in [-0.25, -0.2) is 4.98 Å². The summed E-state index contributed by atoms with van der Waals surface area (Å²) >= 11 is 0. The summed E-state index contributed by atoms with van der Waals surface area (Å²) in [4.78, 5) is 8.74. The lowest BCUT2D eigenvalue weighted by Crippen LogP contribution is -2.38. The van der Waals surface area contributed by atoms with Gasteiger partial charge in [0.05, 0.1) is 6.54 Å². The van der Waals surface area contributed by atoms with Crippen LogP contribution < -0.4 is 10.6 Å². The van der Waals surface area contributed by atoms with Gasteiger partial charge >= 0.3 is 0 Å². The number of nitrogens with one attached hydrogen (secondary N) is 2. The van der Waals surface area contributed by atoms with E-state index in [-0.39, 0.29) is 24.0 Å². The third-order valence-corrected chi connectivity index (χ3v) is 3.99. The first-order valence-electron chi connectivity index (χ1n) is 8.99. The molecule has 6 heteroatoms. The lowest BCUT2D eigenvalue weighted by atomic mass is 10.1. The molecule has 1 aromatic heterocycles. The van der Waals surface area contributed by atoms with E-state index in [1.54, 1.807) is 7.05 Å². The summed E-state index contributed by atoms with van der Waals surface area (Å²) in [6.07, 6.45) is 4.87. The molecule has 0 aliphatic carbocycles. The summed E-state index contributed by atoms with van der Waals surface area (Å²) in [6, 6.07) is 6.69. The van der Waals surface area contributed by atoms with Crippen LogP contribution in [0.4, 0.5) is 0 Å². The smallest absolute Gasteiger partial charge is 0.191 e. The molecule has 0 amide bonds. The highest BCUT2D eigenvalue weighted by Gasteiger charge is 2.06. The highest BCUT2D eigenvalue weighted by molar-refractivity contribution is 14.0. The number of nitrogens with zero attached hydrogens (tertiary/aromatic N) is 3. The number of hydrogen-bond acceptors (Lipinski definition) is 2. The normalized spacial score (nSPS) is 11.4. The second-order valence-corrected chi connectivity index (χ2v) is 6.99. The van der Waals surface area contributed by atoms with Crippen LogP contribution in [0.5, 0.6) is 0 Å². The van der Waals surface area contributed by atoms with Crippen LogP contribution in [0.15, 0.2) is 35.6 Å². The van der Waals surface area contributed by atoms with Gasteiger partial charge in [0.2, 0.25) is 0 Å². The van der Waals surface area contributed by atoms with Crippen LogP contribution >= 0.6 is 24.0 Å². The van der Waals surface area contributed by atoms with Gasteiger partial charge in [0.25, 0.3) is 0 Å². The minimum Gasteiger partial charge on any atom is -0.356 e. The second kappa shape index (κ2) is 11.2. The van der Waals surface area contributed by atoms with Crippen molar-refractivity contribution in [3.63, 3.8) is 0 Å². The molecule has 0 unspecified atom stereocenters. The van der Waals surface area contributed by atoms with Gasteiger partial charge in [-0.15, -0.1) is 24.0 Å². The molecule has 1 aromatic carbocycles. The number of benzene rings is 1. The zero-order valence-electron chi connectivity index (χ0n) is 16.5. The number of rotatable bonds is 7. The molecule has 0 aliphatic rings. The van der Waals surface area contributed by atoms with E-state index >= 15 is 0 Å². The monoisotopic (exact) mass is 469 g/mol. The summed E-state index contributed by atoms with van der Waals surface area (Å²) in [5.41, 5.74) is 3.98. The fraction of sp³-hybridized carbons (Fsp3) is 0.500. The van der Waals surface area contributed by atoms with E-state index < -0.39 is 0 Å². The predicted molar refractivity (Wildman–Crippen MR) is 120 cm³/mol. The van der Waals surface area contributed by atoms with Crippen molar-refractivity contribution >= 4 is 29.9 Å². The standard InChI is InChI=1S/C20H31N5.HI/c1-15(2)14-25-9-8-22-19(25)13-24-20(21-5)23-7-6-18-11-16(3)10-17(4)12-18;/h8-12,15H,6-7,13-14H2,1-5H3,(H2,21,23,24);1H. The zero-order valence-corrected chi connectivity index (χ0v) is 18.9. The van der Waals surface area contributed by atoms with Crippen LogP contribution in [-0.4, -0.2) is 29.1 Å². The van der Waals surface area contributed by atoms with E-state index in [9.17, 15) is 0 Å². The van der Waals surface area contributed by atoms with Crippen LogP contribution in [0.3, 0.4) is 0 Å². The molecule has 0 saturated carbocycles. The Balaban J connectivity index is 0.00000338. The Labute approximate surface area is 174 Å². The van der Waals surface area contributed by atoms with Crippen LogP contribution in [0.2, 0.25) is 0 Å². The number of guanidine groups is 1. The van der Waals surface area contributed by atoms with Gasteiger partial charge in [-0.1, -0.05) is 43.2 Å². The number of aryl methyl sites for hydroxylation is 2. The maximum absolute atomic E-state index is 4.44. The number of aromatic nitrogens is 2. The molecular formula is C20H32IN5. The molecule has 26 heavy (non-hydrogen) atoms. The third-order valence-electron chi connectivity index (χ3n) is 3.99. The molecule has 0 spiro atoms. The van der Waals surface area contributed by atoms with Crippen molar-refractivity contribution in [1.82, 2.24) is 20.2 Å². The second-order valence-electron chi connectivity index (χ2n) is 6.99. The number of hydrogen-bond donors (Lipinski definition) is 2. The Morgan fingerprint density at radius 2 is 1.85 bits per heavy atom. The third kappa shape index (κ3) is 7.35. The SMILES string of the molecule is CN=C(NCCc1cc(C)cc(C)c1)NCc1nccn1CC(C)C.I. The Morgan fingerprint density at radius 3 is 2.46 bits per heavy atom. The Hall–Kier alpha value is -1.57. The molecule has 144 valence electrons. The summed E-state index contributed by atoms with van der Waals surface area (Å²) in [5, 5.41) is 6.73. The van der Waals surface area contributed by atoms with Crippen molar-refractivity contribution < 1.29 is 0 Å². The summed E-state index contributed by atoms with van der Waals surface area (Å²) in [5.74, 6) is 2.44. The Kier molecular flexibility index (Phi) is 9.69. The molecule has 1 heterocycles. The van der Waals surface area contributed by atoms with Crippen molar-refractivity contribution in [1.29, 1.82) is 0 Å². The van der Waals surface area contributed by atoms with E-state index in [1.807, 2.05) is 12.4 Å². The molecule has 0 bridgehead atoms. The molecule has 2 rings (SSSR count). The predicted octanol–water partition coefficient (Wildman–Crippen LogP) is 3.68. The van der Waals surface area contributed by atoms with E-state index in [1.165, 1.54) is 16.7 Å². The highest BCUT2D eigenvalue weighted by Crippen LogP contribution is 2.09. The van der Waals surface area contributed by atoms with Gasteiger partial charge in [0, 0.05) is 32.5 Å². The van der Waals surface area contributed by atoms with Crippen LogP contribution in [0.25, 0.3) is 0 Å². The maximum atomic E-state index is 4.44. The molecule has 0 atom stereocenters. The molecule has 0 saturated heterocycles. The van der Waals surface area contributed by atoms with Gasteiger partial charge in [0.15, 0.2) is 5.96 Å². The van der Waals surface area contributed by atoms with E-state index in [2.05, 4.69) is 71.1 Å². The van der Waals surface area contributed by atoms with Crippen LogP contribution in [-0.2, 0) is 19.5 Å². The molecule has 0 fully saturated rings. The molecule has 0 aliphatic heterocycles. The summed E-state index contributed by atoms with van der Waals surface area (Å²) in [6.45, 7) is 11.2. The van der Waals surface area contributed by atoms with E-state index in [0.29, 0.717) is 12.5 Å². The Morgan fingerprint density at radius 1 is 1.15 bits per heavy atom. The van der Waals surface area contributed by atoms with Crippen molar-refractivity contribution in [2.24, 2.45) is 10.9 Å². The first-order chi connectivity index (χ1) is 12.0. The molecule has 0 radical (unpaired) electrons. The summed E-state index contributed by atoms with van der Waals surface area (Å²) in [7, 11) is 1.80. The minimum absolute atomic E-state index is 0. The molecular weight excluding hydrogens is 437 g/mol. The molecule has 2 aromatic rings. The number of halogens is 1. The fourth-order valence-corrected chi connectivity index (χ4v) is 2.99. The first-order valence-corrected chi connectivity index (χ1v) is 8.99. The van der Waals surface area contributed by atoms with Gasteiger partial charge in [-0.2, -0.15) is 0 Å². The number of aliphatic imine (C=N–C) groups is 1. The van der Waals surface area contributed by atoms with Crippen molar-refractivity contribution in [2.45, 2.75) is 47.2 Å². The average Bonchev–Trinajstić information content (AvgIpc) is 2.96. The maximum Gasteiger partial charge on any atom is 0.191 e. The van der Waals surface area contributed by atoms with Gasteiger partial charge < -0.3 is 15.2 Å². The average molecular weight is 469 g/mol. The largest absolute Gasteiger partial charge is 0.356 e. The molecule has 2 N–H and O–H groups in total. The first kappa shape index (κ1) is 22.5. The van der Waals surface area contributed by atoms with Crippen molar-refractivity contribution in [2.75, 3.05) is 13.6 Å². The van der Waals surface area contributed by atoms with Crippen molar-refractivity contribution in [3.8, 4) is 0 Å².